The van der Waals surface area contributed by atoms with Gasteiger partial charge in [-0.2, -0.15) is 0 Å². The largest absolute Gasteiger partial charge is 0.479 e. The van der Waals surface area contributed by atoms with Crippen LogP contribution < -0.4 is 15.0 Å². The topological polar surface area (TPSA) is 58.6 Å². The zero-order chi connectivity index (χ0) is 18.4. The van der Waals surface area contributed by atoms with Crippen molar-refractivity contribution in [3.05, 3.63) is 18.2 Å². The van der Waals surface area contributed by atoms with E-state index in [9.17, 15) is 9.59 Å². The van der Waals surface area contributed by atoms with E-state index in [4.69, 9.17) is 4.74 Å². The molecule has 5 nitrogen and oxygen atoms in total. The first-order valence-corrected chi connectivity index (χ1v) is 9.44. The lowest BCUT2D eigenvalue weighted by atomic mass is 10.0. The van der Waals surface area contributed by atoms with Crippen LogP contribution >= 0.6 is 0 Å². The van der Waals surface area contributed by atoms with Crippen LogP contribution in [-0.4, -0.2) is 24.5 Å². The van der Waals surface area contributed by atoms with Crippen LogP contribution in [0, 0.1) is 5.92 Å². The van der Waals surface area contributed by atoms with Gasteiger partial charge >= 0.3 is 0 Å². The molecule has 1 unspecified atom stereocenters. The smallest absolute Gasteiger partial charge is 0.267 e. The molecule has 1 aliphatic rings. The van der Waals surface area contributed by atoms with Crippen LogP contribution in [0.15, 0.2) is 18.2 Å². The number of ether oxygens (including phenoxy) is 1. The second kappa shape index (κ2) is 8.88. The maximum atomic E-state index is 12.5. The molecule has 2 amide bonds. The highest BCUT2D eigenvalue weighted by molar-refractivity contribution is 6.01. The molecule has 1 aromatic carbocycles. The van der Waals surface area contributed by atoms with Gasteiger partial charge in [0.05, 0.1) is 5.69 Å². The standard InChI is InChI=1S/C20H30N2O3/c1-5-8-9-12-22-17-13-16(21-19(23)15(6-2)7-3)10-11-18(17)25-14(4)20(22)24/h10-11,13-15H,5-9,12H2,1-4H3,(H,21,23). The Kier molecular flexibility index (Phi) is 6.85. The number of rotatable bonds is 8. The molecular weight excluding hydrogens is 316 g/mol. The monoisotopic (exact) mass is 346 g/mol. The summed E-state index contributed by atoms with van der Waals surface area (Å²) in [6.07, 6.45) is 4.30. The van der Waals surface area contributed by atoms with Gasteiger partial charge < -0.3 is 15.0 Å². The molecule has 25 heavy (non-hydrogen) atoms. The molecule has 0 aliphatic carbocycles. The Balaban J connectivity index is 2.22. The maximum Gasteiger partial charge on any atom is 0.267 e. The summed E-state index contributed by atoms with van der Waals surface area (Å²) in [6, 6.07) is 5.53. The molecule has 1 heterocycles. The third kappa shape index (κ3) is 4.53. The fraction of sp³-hybridized carbons (Fsp3) is 0.600. The van der Waals surface area contributed by atoms with E-state index in [1.165, 1.54) is 0 Å². The molecule has 138 valence electrons. The molecule has 0 aromatic heterocycles. The number of anilines is 2. The van der Waals surface area contributed by atoms with Crippen molar-refractivity contribution in [1.29, 1.82) is 0 Å². The Morgan fingerprint density at radius 3 is 2.60 bits per heavy atom. The molecular formula is C20H30N2O3. The summed E-state index contributed by atoms with van der Waals surface area (Å²) in [6.45, 7) is 8.63. The third-order valence-corrected chi connectivity index (χ3v) is 4.78. The molecule has 1 N–H and O–H groups in total. The summed E-state index contributed by atoms with van der Waals surface area (Å²) < 4.78 is 5.73. The van der Waals surface area contributed by atoms with Crippen LogP contribution in [0.4, 0.5) is 11.4 Å². The van der Waals surface area contributed by atoms with E-state index in [1.807, 2.05) is 32.0 Å². The zero-order valence-corrected chi connectivity index (χ0v) is 15.8. The second-order valence-electron chi connectivity index (χ2n) is 6.64. The van der Waals surface area contributed by atoms with Gasteiger partial charge in [0.25, 0.3) is 5.91 Å². The van der Waals surface area contributed by atoms with E-state index in [1.54, 1.807) is 11.8 Å². The summed E-state index contributed by atoms with van der Waals surface area (Å²) in [5.74, 6) is 0.713. The van der Waals surface area contributed by atoms with Gasteiger partial charge in [0.1, 0.15) is 5.75 Å². The fourth-order valence-electron chi connectivity index (χ4n) is 3.14. The summed E-state index contributed by atoms with van der Waals surface area (Å²) in [5, 5.41) is 2.98. The van der Waals surface area contributed by atoms with Crippen molar-refractivity contribution in [2.45, 2.75) is 65.9 Å². The van der Waals surface area contributed by atoms with Gasteiger partial charge in [-0.05, 0) is 44.4 Å². The van der Waals surface area contributed by atoms with E-state index in [2.05, 4.69) is 12.2 Å². The first-order valence-electron chi connectivity index (χ1n) is 9.44. The summed E-state index contributed by atoms with van der Waals surface area (Å²) in [5.41, 5.74) is 1.46. The first-order chi connectivity index (χ1) is 12.0. The van der Waals surface area contributed by atoms with E-state index in [-0.39, 0.29) is 17.7 Å². The summed E-state index contributed by atoms with van der Waals surface area (Å²) >= 11 is 0. The number of unbranched alkanes of at least 4 members (excludes halogenated alkanes) is 2. The highest BCUT2D eigenvalue weighted by Gasteiger charge is 2.31. The average Bonchev–Trinajstić information content (AvgIpc) is 2.60. The van der Waals surface area contributed by atoms with Crippen molar-refractivity contribution in [1.82, 2.24) is 0 Å². The summed E-state index contributed by atoms with van der Waals surface area (Å²) in [4.78, 5) is 26.7. The zero-order valence-electron chi connectivity index (χ0n) is 15.8. The summed E-state index contributed by atoms with van der Waals surface area (Å²) in [7, 11) is 0. The van der Waals surface area contributed by atoms with Crippen molar-refractivity contribution >= 4 is 23.2 Å². The number of hydrogen-bond donors (Lipinski definition) is 1. The van der Waals surface area contributed by atoms with Gasteiger partial charge in [-0.25, -0.2) is 0 Å². The van der Waals surface area contributed by atoms with Crippen LogP contribution in [0.5, 0.6) is 5.75 Å². The molecule has 5 heteroatoms. The lowest BCUT2D eigenvalue weighted by Crippen LogP contribution is -2.44. The molecule has 0 spiro atoms. The lowest BCUT2D eigenvalue weighted by molar-refractivity contribution is -0.125. The Morgan fingerprint density at radius 1 is 1.24 bits per heavy atom. The first kappa shape index (κ1) is 19.3. The Labute approximate surface area is 150 Å². The van der Waals surface area contributed by atoms with Crippen LogP contribution in [-0.2, 0) is 9.59 Å². The van der Waals surface area contributed by atoms with E-state index >= 15 is 0 Å². The Hall–Kier alpha value is -2.04. The van der Waals surface area contributed by atoms with E-state index in [0.29, 0.717) is 18.0 Å². The van der Waals surface area contributed by atoms with Gasteiger partial charge in [-0.1, -0.05) is 33.6 Å². The quantitative estimate of drug-likeness (QED) is 0.711. The third-order valence-electron chi connectivity index (χ3n) is 4.78. The van der Waals surface area contributed by atoms with Gasteiger partial charge in [-0.3, -0.25) is 9.59 Å². The van der Waals surface area contributed by atoms with Crippen molar-refractivity contribution < 1.29 is 14.3 Å². The van der Waals surface area contributed by atoms with Gasteiger partial charge in [0, 0.05) is 18.2 Å². The van der Waals surface area contributed by atoms with Gasteiger partial charge in [-0.15, -0.1) is 0 Å². The predicted octanol–water partition coefficient (Wildman–Crippen LogP) is 4.37. The maximum absolute atomic E-state index is 12.5. The number of carbonyl (C=O) groups excluding carboxylic acids is 2. The van der Waals surface area contributed by atoms with Crippen molar-refractivity contribution in [3.8, 4) is 5.75 Å². The number of carbonyl (C=O) groups is 2. The SMILES string of the molecule is CCCCCN1C(=O)C(C)Oc2ccc(NC(=O)C(CC)CC)cc21. The minimum Gasteiger partial charge on any atom is -0.479 e. The predicted molar refractivity (Wildman–Crippen MR) is 101 cm³/mol. The van der Waals surface area contributed by atoms with Crippen molar-refractivity contribution in [2.24, 2.45) is 5.92 Å². The molecule has 0 fully saturated rings. The van der Waals surface area contributed by atoms with Crippen LogP contribution in [0.1, 0.15) is 59.8 Å². The molecule has 0 bridgehead atoms. The average molecular weight is 346 g/mol. The Bertz CT molecular complexity index is 611. The molecule has 1 aliphatic heterocycles. The van der Waals surface area contributed by atoms with Crippen LogP contribution in [0.3, 0.4) is 0 Å². The minimum absolute atomic E-state index is 0.00888. The number of fused-ring (bicyclic) bond motifs is 1. The minimum atomic E-state index is -0.473. The lowest BCUT2D eigenvalue weighted by Gasteiger charge is -2.33. The van der Waals surface area contributed by atoms with E-state index in [0.717, 1.165) is 37.8 Å². The molecule has 2 rings (SSSR count). The number of hydrogen-bond acceptors (Lipinski definition) is 3. The van der Waals surface area contributed by atoms with E-state index < -0.39 is 6.10 Å². The Morgan fingerprint density at radius 2 is 1.96 bits per heavy atom. The van der Waals surface area contributed by atoms with Gasteiger partial charge in [0.15, 0.2) is 6.10 Å². The van der Waals surface area contributed by atoms with Crippen molar-refractivity contribution in [3.63, 3.8) is 0 Å². The van der Waals surface area contributed by atoms with Crippen molar-refractivity contribution in [2.75, 3.05) is 16.8 Å². The number of amides is 2. The molecule has 1 aromatic rings. The molecule has 0 radical (unpaired) electrons. The fourth-order valence-corrected chi connectivity index (χ4v) is 3.14. The highest BCUT2D eigenvalue weighted by Crippen LogP contribution is 2.36. The number of nitrogens with one attached hydrogen (secondary N) is 1. The van der Waals surface area contributed by atoms with Crippen LogP contribution in [0.25, 0.3) is 0 Å². The normalized spacial score (nSPS) is 16.6. The second-order valence-corrected chi connectivity index (χ2v) is 6.64. The molecule has 0 saturated carbocycles. The van der Waals surface area contributed by atoms with Gasteiger partial charge in [0.2, 0.25) is 5.91 Å². The highest BCUT2D eigenvalue weighted by atomic mass is 16.5. The van der Waals surface area contributed by atoms with Crippen LogP contribution in [0.2, 0.25) is 0 Å². The molecule has 0 saturated heterocycles. The number of nitrogens with zero attached hydrogens (tertiary/aromatic N) is 1. The number of benzene rings is 1. The molecule has 1 atom stereocenters.